The van der Waals surface area contributed by atoms with Crippen LogP contribution in [0.2, 0.25) is 0 Å². The van der Waals surface area contributed by atoms with Crippen molar-refractivity contribution in [1.82, 2.24) is 4.90 Å². The molecule has 2 heteroatoms. The van der Waals surface area contributed by atoms with Crippen molar-refractivity contribution in [3.05, 3.63) is 12.3 Å². The summed E-state index contributed by atoms with van der Waals surface area (Å²) in [4.78, 5) is 5.73. The maximum atomic E-state index is 3.77. The fraction of sp³-hybridized carbons (Fsp3) is 0.500. The van der Waals surface area contributed by atoms with E-state index in [4.69, 9.17) is 0 Å². The average molecular weight is 112 g/mol. The molecule has 0 unspecified atom stereocenters. The maximum absolute atomic E-state index is 3.77. The summed E-state index contributed by atoms with van der Waals surface area (Å²) in [5.41, 5.74) is 0. The van der Waals surface area contributed by atoms with E-state index in [1.165, 1.54) is 0 Å². The Hall–Kier alpha value is -0.790. The van der Waals surface area contributed by atoms with Crippen LogP contribution in [0.3, 0.4) is 0 Å². The van der Waals surface area contributed by atoms with Gasteiger partial charge in [-0.15, -0.1) is 0 Å². The molecule has 0 atom stereocenters. The predicted octanol–water partition coefficient (Wildman–Crippen LogP) is 0.762. The van der Waals surface area contributed by atoms with Gasteiger partial charge in [0.05, 0.1) is 0 Å². The first-order chi connectivity index (χ1) is 3.77. The van der Waals surface area contributed by atoms with Crippen LogP contribution in [0.5, 0.6) is 0 Å². The number of allylic oxidation sites excluding steroid dienone is 1. The normalized spacial score (nSPS) is 11.4. The molecular weight excluding hydrogens is 100 g/mol. The fourth-order valence-corrected chi connectivity index (χ4v) is 0.297. The van der Waals surface area contributed by atoms with E-state index >= 15 is 0 Å². The van der Waals surface area contributed by atoms with Crippen LogP contribution in [-0.4, -0.2) is 32.3 Å². The smallest absolute Gasteiger partial charge is 0.0277 e. The topological polar surface area (TPSA) is 15.6 Å². The van der Waals surface area contributed by atoms with Crippen molar-refractivity contribution in [2.45, 2.75) is 0 Å². The molecule has 0 saturated carbocycles. The summed E-state index contributed by atoms with van der Waals surface area (Å²) < 4.78 is 0. The van der Waals surface area contributed by atoms with E-state index in [2.05, 4.69) is 4.99 Å². The average Bonchev–Trinajstić information content (AvgIpc) is 1.66. The largest absolute Gasteiger partial charge is 0.383 e. The first-order valence-corrected chi connectivity index (χ1v) is 2.52. The Morgan fingerprint density at radius 2 is 2.00 bits per heavy atom. The van der Waals surface area contributed by atoms with Crippen LogP contribution >= 0.6 is 0 Å². The number of rotatable bonds is 2. The van der Waals surface area contributed by atoms with Gasteiger partial charge in [0.2, 0.25) is 0 Å². The third-order valence-electron chi connectivity index (χ3n) is 0.619. The minimum Gasteiger partial charge on any atom is -0.383 e. The van der Waals surface area contributed by atoms with E-state index < -0.39 is 0 Å². The van der Waals surface area contributed by atoms with Crippen LogP contribution in [0, 0.1) is 0 Å². The van der Waals surface area contributed by atoms with Crippen molar-refractivity contribution in [3.8, 4) is 0 Å². The molecule has 46 valence electrons. The van der Waals surface area contributed by atoms with Crippen LogP contribution in [-0.2, 0) is 0 Å². The second kappa shape index (κ2) is 4.37. The second-order valence-electron chi connectivity index (χ2n) is 1.71. The van der Waals surface area contributed by atoms with E-state index in [-0.39, 0.29) is 0 Å². The number of hydrogen-bond donors (Lipinski definition) is 0. The number of aliphatic imine (C=N–C) groups is 1. The first kappa shape index (κ1) is 7.21. The molecule has 0 aromatic rings. The summed E-state index contributed by atoms with van der Waals surface area (Å²) in [6.45, 7) is 0. The quantitative estimate of drug-likeness (QED) is 0.481. The van der Waals surface area contributed by atoms with Gasteiger partial charge in [0.1, 0.15) is 0 Å². The molecule has 0 rings (SSSR count). The summed E-state index contributed by atoms with van der Waals surface area (Å²) in [7, 11) is 5.69. The van der Waals surface area contributed by atoms with Crippen LogP contribution in [0.25, 0.3) is 0 Å². The van der Waals surface area contributed by atoms with Crippen molar-refractivity contribution in [1.29, 1.82) is 0 Å². The van der Waals surface area contributed by atoms with Crippen LogP contribution in [0.4, 0.5) is 0 Å². The monoisotopic (exact) mass is 112 g/mol. The fourth-order valence-electron chi connectivity index (χ4n) is 0.297. The Labute approximate surface area is 50.5 Å². The van der Waals surface area contributed by atoms with Crippen molar-refractivity contribution in [3.63, 3.8) is 0 Å². The van der Waals surface area contributed by atoms with Crippen molar-refractivity contribution < 1.29 is 0 Å². The zero-order valence-corrected chi connectivity index (χ0v) is 5.63. The maximum Gasteiger partial charge on any atom is 0.0277 e. The SMILES string of the molecule is CN=C/C=C\N(C)C. The van der Waals surface area contributed by atoms with E-state index in [1.807, 2.05) is 31.3 Å². The van der Waals surface area contributed by atoms with Gasteiger partial charge in [0.25, 0.3) is 0 Å². The van der Waals surface area contributed by atoms with Gasteiger partial charge in [0, 0.05) is 33.6 Å². The van der Waals surface area contributed by atoms with E-state index in [0.29, 0.717) is 0 Å². The molecule has 2 nitrogen and oxygen atoms in total. The van der Waals surface area contributed by atoms with Gasteiger partial charge in [-0.1, -0.05) is 0 Å². The van der Waals surface area contributed by atoms with E-state index in [9.17, 15) is 0 Å². The van der Waals surface area contributed by atoms with E-state index in [0.717, 1.165) is 0 Å². The summed E-state index contributed by atoms with van der Waals surface area (Å²) in [6.07, 6.45) is 5.58. The Morgan fingerprint density at radius 3 is 2.38 bits per heavy atom. The van der Waals surface area contributed by atoms with Gasteiger partial charge in [-0.2, -0.15) is 0 Å². The zero-order valence-electron chi connectivity index (χ0n) is 5.63. The van der Waals surface area contributed by atoms with Crippen molar-refractivity contribution in [2.75, 3.05) is 21.1 Å². The highest BCUT2D eigenvalue weighted by molar-refractivity contribution is 5.70. The van der Waals surface area contributed by atoms with Gasteiger partial charge in [-0.25, -0.2) is 0 Å². The minimum atomic E-state index is 1.75. The minimum absolute atomic E-state index is 1.75. The van der Waals surface area contributed by atoms with E-state index in [1.54, 1.807) is 13.3 Å². The Bertz CT molecular complexity index is 92.7. The Kier molecular flexibility index (Phi) is 3.94. The molecule has 0 aliphatic rings. The van der Waals surface area contributed by atoms with Crippen LogP contribution < -0.4 is 0 Å². The predicted molar refractivity (Wildman–Crippen MR) is 37.2 cm³/mol. The molecule has 0 aromatic heterocycles. The Balaban J connectivity index is 3.34. The molecule has 8 heavy (non-hydrogen) atoms. The molecule has 0 aliphatic heterocycles. The van der Waals surface area contributed by atoms with Gasteiger partial charge < -0.3 is 4.90 Å². The molecular formula is C6H12N2. The highest BCUT2D eigenvalue weighted by Crippen LogP contribution is 1.72. The van der Waals surface area contributed by atoms with Gasteiger partial charge in [-0.05, 0) is 6.08 Å². The first-order valence-electron chi connectivity index (χ1n) is 2.52. The lowest BCUT2D eigenvalue weighted by Crippen LogP contribution is -1.99. The van der Waals surface area contributed by atoms with Crippen molar-refractivity contribution >= 4 is 6.21 Å². The molecule has 0 bridgehead atoms. The lowest BCUT2D eigenvalue weighted by Gasteiger charge is -2.00. The lowest BCUT2D eigenvalue weighted by molar-refractivity contribution is 0.564. The van der Waals surface area contributed by atoms with Crippen molar-refractivity contribution in [2.24, 2.45) is 4.99 Å². The molecule has 0 fully saturated rings. The summed E-state index contributed by atoms with van der Waals surface area (Å²) in [5.74, 6) is 0. The second-order valence-corrected chi connectivity index (χ2v) is 1.71. The Morgan fingerprint density at radius 1 is 1.38 bits per heavy atom. The molecule has 0 N–H and O–H groups in total. The molecule has 0 radical (unpaired) electrons. The zero-order chi connectivity index (χ0) is 6.41. The summed E-state index contributed by atoms with van der Waals surface area (Å²) in [5, 5.41) is 0. The highest BCUT2D eigenvalue weighted by atomic mass is 15.0. The van der Waals surface area contributed by atoms with Crippen LogP contribution in [0.15, 0.2) is 17.3 Å². The third-order valence-corrected chi connectivity index (χ3v) is 0.619. The third kappa shape index (κ3) is 5.21. The summed E-state index contributed by atoms with van der Waals surface area (Å²) in [6, 6.07) is 0. The standard InChI is InChI=1S/C6H12N2/c1-7-5-4-6-8(2)3/h4-6H,1-3H3/b6-4-,7-5?. The lowest BCUT2D eigenvalue weighted by atomic mass is 10.6. The summed E-state index contributed by atoms with van der Waals surface area (Å²) >= 11 is 0. The van der Waals surface area contributed by atoms with Gasteiger partial charge >= 0.3 is 0 Å². The van der Waals surface area contributed by atoms with Gasteiger partial charge in [0.15, 0.2) is 0 Å². The molecule has 0 aromatic carbocycles. The number of nitrogens with zero attached hydrogens (tertiary/aromatic N) is 2. The molecule has 0 saturated heterocycles. The molecule has 0 spiro atoms. The molecule has 0 heterocycles. The molecule has 0 amide bonds. The van der Waals surface area contributed by atoms with Crippen LogP contribution in [0.1, 0.15) is 0 Å². The molecule has 0 aliphatic carbocycles. The van der Waals surface area contributed by atoms with Gasteiger partial charge in [-0.3, -0.25) is 4.99 Å². The highest BCUT2D eigenvalue weighted by Gasteiger charge is 1.68. The number of hydrogen-bond acceptors (Lipinski definition) is 2.